The van der Waals surface area contributed by atoms with Crippen LogP contribution in [0.3, 0.4) is 0 Å². The van der Waals surface area contributed by atoms with Crippen LogP contribution in [0.2, 0.25) is 0 Å². The van der Waals surface area contributed by atoms with Gasteiger partial charge in [-0.2, -0.15) is 9.52 Å². The van der Waals surface area contributed by atoms with Crippen molar-refractivity contribution >= 4 is 15.7 Å². The van der Waals surface area contributed by atoms with Crippen molar-refractivity contribution in [3.05, 3.63) is 59.2 Å². The molecule has 26 heavy (non-hydrogen) atoms. The molecule has 3 rings (SSSR count). The Labute approximate surface area is 154 Å². The van der Waals surface area contributed by atoms with Gasteiger partial charge >= 0.3 is 0 Å². The zero-order valence-electron chi connectivity index (χ0n) is 15.3. The lowest BCUT2D eigenvalue weighted by molar-refractivity contribution is 0.355. The molecule has 138 valence electrons. The topological polar surface area (TPSA) is 68.2 Å². The van der Waals surface area contributed by atoms with Crippen molar-refractivity contribution in [1.82, 2.24) is 4.41 Å². The van der Waals surface area contributed by atoms with Gasteiger partial charge in [0.2, 0.25) is 10.0 Å². The van der Waals surface area contributed by atoms with Gasteiger partial charge in [-0.05, 0) is 36.2 Å². The maximum absolute atomic E-state index is 12.3. The van der Waals surface area contributed by atoms with E-state index in [9.17, 15) is 8.42 Å². The van der Waals surface area contributed by atoms with Crippen molar-refractivity contribution in [3.63, 3.8) is 0 Å². The van der Waals surface area contributed by atoms with Crippen LogP contribution in [0.25, 0.3) is 0 Å². The number of rotatable bonds is 5. The Morgan fingerprint density at radius 2 is 1.77 bits per heavy atom. The van der Waals surface area contributed by atoms with Gasteiger partial charge in [0.25, 0.3) is 0 Å². The summed E-state index contributed by atoms with van der Waals surface area (Å²) in [4.78, 5) is 0. The summed E-state index contributed by atoms with van der Waals surface area (Å²) >= 11 is 0. The fraction of sp³-hybridized carbons (Fsp3) is 0.316. The van der Waals surface area contributed by atoms with E-state index in [4.69, 9.17) is 9.47 Å². The number of aryl methyl sites for hydroxylation is 1. The molecule has 0 bridgehead atoms. The minimum absolute atomic E-state index is 0.353. The third-order valence-electron chi connectivity index (χ3n) is 4.48. The molecule has 7 heteroatoms. The van der Waals surface area contributed by atoms with Crippen molar-refractivity contribution in [2.24, 2.45) is 5.10 Å². The lowest BCUT2D eigenvalue weighted by Gasteiger charge is -2.22. The van der Waals surface area contributed by atoms with E-state index >= 15 is 0 Å². The van der Waals surface area contributed by atoms with E-state index in [1.807, 2.05) is 43.3 Å². The molecule has 0 saturated heterocycles. The minimum Gasteiger partial charge on any atom is -0.493 e. The number of hydrogen-bond donors (Lipinski definition) is 0. The van der Waals surface area contributed by atoms with Gasteiger partial charge in [0, 0.05) is 12.0 Å². The highest BCUT2D eigenvalue weighted by molar-refractivity contribution is 7.88. The molecule has 0 aliphatic carbocycles. The van der Waals surface area contributed by atoms with Crippen LogP contribution in [0, 0.1) is 6.92 Å². The van der Waals surface area contributed by atoms with Crippen LogP contribution in [0.1, 0.15) is 29.2 Å². The van der Waals surface area contributed by atoms with E-state index in [2.05, 4.69) is 5.10 Å². The van der Waals surface area contributed by atoms with Crippen LogP contribution in [0.15, 0.2) is 47.6 Å². The lowest BCUT2D eigenvalue weighted by atomic mass is 9.96. The zero-order chi connectivity index (χ0) is 18.9. The number of hydrogen-bond acceptors (Lipinski definition) is 5. The first-order chi connectivity index (χ1) is 12.3. The second-order valence-electron chi connectivity index (χ2n) is 6.23. The lowest BCUT2D eigenvalue weighted by Crippen LogP contribution is -2.26. The van der Waals surface area contributed by atoms with Crippen LogP contribution in [-0.4, -0.2) is 39.0 Å². The molecule has 0 spiro atoms. The standard InChI is InChI=1S/C19H22N2O4S/c1-13-7-5-6-8-15(13)17-12-16(20-21(17)26(4,22)23)14-9-10-18(24-2)19(11-14)25-3/h5-11,17H,12H2,1-4H3/t17-/m1/s1. The summed E-state index contributed by atoms with van der Waals surface area (Å²) in [5.41, 5.74) is 3.50. The number of methoxy groups -OCH3 is 2. The molecular formula is C19H22N2O4S. The maximum Gasteiger partial charge on any atom is 0.247 e. The summed E-state index contributed by atoms with van der Waals surface area (Å²) in [7, 11) is -0.356. The zero-order valence-corrected chi connectivity index (χ0v) is 16.1. The average molecular weight is 374 g/mol. The van der Waals surface area contributed by atoms with Crippen molar-refractivity contribution in [2.75, 3.05) is 20.5 Å². The molecule has 0 fully saturated rings. The van der Waals surface area contributed by atoms with E-state index < -0.39 is 10.0 Å². The quantitative estimate of drug-likeness (QED) is 0.806. The van der Waals surface area contributed by atoms with E-state index in [1.54, 1.807) is 20.3 Å². The van der Waals surface area contributed by atoms with Crippen LogP contribution >= 0.6 is 0 Å². The van der Waals surface area contributed by atoms with Crippen molar-refractivity contribution in [2.45, 2.75) is 19.4 Å². The Bertz CT molecular complexity index is 954. The average Bonchev–Trinajstić information content (AvgIpc) is 3.07. The maximum atomic E-state index is 12.3. The highest BCUT2D eigenvalue weighted by atomic mass is 32.2. The molecule has 0 amide bonds. The highest BCUT2D eigenvalue weighted by Gasteiger charge is 2.35. The second-order valence-corrected chi connectivity index (χ2v) is 8.07. The van der Waals surface area contributed by atoms with Crippen molar-refractivity contribution in [3.8, 4) is 11.5 Å². The predicted molar refractivity (Wildman–Crippen MR) is 101 cm³/mol. The molecule has 6 nitrogen and oxygen atoms in total. The molecule has 2 aromatic carbocycles. The summed E-state index contributed by atoms with van der Waals surface area (Å²) in [6, 6.07) is 12.9. The summed E-state index contributed by atoms with van der Waals surface area (Å²) in [5, 5.41) is 4.43. The van der Waals surface area contributed by atoms with Gasteiger partial charge in [-0.1, -0.05) is 24.3 Å². The van der Waals surface area contributed by atoms with Crippen LogP contribution < -0.4 is 9.47 Å². The van der Waals surface area contributed by atoms with Gasteiger partial charge in [0.15, 0.2) is 11.5 Å². The summed E-state index contributed by atoms with van der Waals surface area (Å²) in [6.45, 7) is 1.98. The number of benzene rings is 2. The first-order valence-corrected chi connectivity index (χ1v) is 10.0. The van der Waals surface area contributed by atoms with Crippen molar-refractivity contribution < 1.29 is 17.9 Å². The molecule has 0 aromatic heterocycles. The number of sulfonamides is 1. The molecule has 1 heterocycles. The van der Waals surface area contributed by atoms with E-state index in [0.29, 0.717) is 23.6 Å². The Morgan fingerprint density at radius 1 is 1.08 bits per heavy atom. The fourth-order valence-electron chi connectivity index (χ4n) is 3.18. The first-order valence-electron chi connectivity index (χ1n) is 8.20. The summed E-state index contributed by atoms with van der Waals surface area (Å²) in [5.74, 6) is 1.20. The third kappa shape index (κ3) is 3.39. The van der Waals surface area contributed by atoms with Gasteiger partial charge in [0.1, 0.15) is 0 Å². The first kappa shape index (κ1) is 18.3. The molecule has 0 radical (unpaired) electrons. The molecule has 1 aliphatic rings. The van der Waals surface area contributed by atoms with E-state index in [1.165, 1.54) is 10.7 Å². The van der Waals surface area contributed by atoms with Gasteiger partial charge < -0.3 is 9.47 Å². The number of nitrogens with zero attached hydrogens (tertiary/aromatic N) is 2. The Morgan fingerprint density at radius 3 is 2.38 bits per heavy atom. The Balaban J connectivity index is 2.04. The van der Waals surface area contributed by atoms with Crippen LogP contribution in [0.5, 0.6) is 11.5 Å². The molecule has 1 atom stereocenters. The monoisotopic (exact) mass is 374 g/mol. The van der Waals surface area contributed by atoms with Gasteiger partial charge in [-0.3, -0.25) is 0 Å². The highest BCUT2D eigenvalue weighted by Crippen LogP contribution is 2.37. The molecule has 1 aliphatic heterocycles. The molecule has 0 saturated carbocycles. The summed E-state index contributed by atoms with van der Waals surface area (Å²) in [6.07, 6.45) is 1.67. The fourth-order valence-corrected chi connectivity index (χ4v) is 4.07. The molecule has 0 unspecified atom stereocenters. The second kappa shape index (κ2) is 6.99. The Kier molecular flexibility index (Phi) is 4.91. The van der Waals surface area contributed by atoms with E-state index in [-0.39, 0.29) is 6.04 Å². The smallest absolute Gasteiger partial charge is 0.247 e. The van der Waals surface area contributed by atoms with Crippen LogP contribution in [0.4, 0.5) is 0 Å². The SMILES string of the molecule is COc1ccc(C2=NN(S(C)(=O)=O)[C@@H](c3ccccc3C)C2)cc1OC. The normalized spacial score (nSPS) is 17.2. The van der Waals surface area contributed by atoms with Gasteiger partial charge in [-0.25, -0.2) is 8.42 Å². The Hall–Kier alpha value is -2.54. The third-order valence-corrected chi connectivity index (χ3v) is 5.49. The van der Waals surface area contributed by atoms with Crippen molar-refractivity contribution in [1.29, 1.82) is 0 Å². The van der Waals surface area contributed by atoms with Gasteiger partial charge in [-0.15, -0.1) is 0 Å². The molecule has 0 N–H and O–H groups in total. The minimum atomic E-state index is -3.50. The summed E-state index contributed by atoms with van der Waals surface area (Å²) < 4.78 is 36.4. The molecule has 2 aromatic rings. The largest absolute Gasteiger partial charge is 0.493 e. The molecular weight excluding hydrogens is 352 g/mol. The van der Waals surface area contributed by atoms with Crippen LogP contribution in [-0.2, 0) is 10.0 Å². The predicted octanol–water partition coefficient (Wildman–Crippen LogP) is 3.12. The number of hydrazone groups is 1. The van der Waals surface area contributed by atoms with Gasteiger partial charge in [0.05, 0.1) is 32.2 Å². The number of ether oxygens (including phenoxy) is 2. The van der Waals surface area contributed by atoms with E-state index in [0.717, 1.165) is 16.7 Å².